The van der Waals surface area contributed by atoms with Gasteiger partial charge in [-0.15, -0.1) is 11.6 Å². The Morgan fingerprint density at radius 2 is 2.00 bits per heavy atom. The zero-order chi connectivity index (χ0) is 10.7. The molecule has 1 unspecified atom stereocenters. The second-order valence-corrected chi connectivity index (χ2v) is 3.45. The number of benzene rings is 1. The van der Waals surface area contributed by atoms with Gasteiger partial charge < -0.3 is 4.74 Å². The summed E-state index contributed by atoms with van der Waals surface area (Å²) in [6, 6.07) is 5.04. The summed E-state index contributed by atoms with van der Waals surface area (Å²) in [5.41, 5.74) is 1.22. The number of halogens is 3. The van der Waals surface area contributed by atoms with Crippen molar-refractivity contribution in [1.29, 1.82) is 0 Å². The highest BCUT2D eigenvalue weighted by Crippen LogP contribution is 2.34. The lowest BCUT2D eigenvalue weighted by molar-refractivity contribution is 0.142. The van der Waals surface area contributed by atoms with Crippen LogP contribution >= 0.6 is 11.6 Å². The first-order valence-corrected chi connectivity index (χ1v) is 4.56. The van der Waals surface area contributed by atoms with Gasteiger partial charge in [-0.2, -0.15) is 0 Å². The maximum Gasteiger partial charge on any atom is 0.258 e. The van der Waals surface area contributed by atoms with Crippen LogP contribution in [-0.4, -0.2) is 13.5 Å². The van der Waals surface area contributed by atoms with E-state index < -0.39 is 11.8 Å². The Bertz CT molecular complexity index is 315. The van der Waals surface area contributed by atoms with Crippen LogP contribution in [0.1, 0.15) is 16.5 Å². The largest absolute Gasteiger partial charge is 0.496 e. The normalized spacial score (nSPS) is 13.0. The van der Waals surface area contributed by atoms with Crippen LogP contribution in [0.5, 0.6) is 5.75 Å². The Morgan fingerprint density at radius 1 is 1.36 bits per heavy atom. The van der Waals surface area contributed by atoms with Crippen molar-refractivity contribution >= 4 is 11.6 Å². The van der Waals surface area contributed by atoms with Crippen LogP contribution in [-0.2, 0) is 0 Å². The molecule has 0 amide bonds. The van der Waals surface area contributed by atoms with Crippen molar-refractivity contribution in [3.05, 3.63) is 29.3 Å². The topological polar surface area (TPSA) is 9.23 Å². The summed E-state index contributed by atoms with van der Waals surface area (Å²) in [7, 11) is 1.43. The van der Waals surface area contributed by atoms with E-state index in [1.54, 1.807) is 18.2 Å². The van der Waals surface area contributed by atoms with Crippen LogP contribution in [0.2, 0.25) is 0 Å². The van der Waals surface area contributed by atoms with E-state index in [1.807, 2.05) is 6.92 Å². The van der Waals surface area contributed by atoms with Gasteiger partial charge >= 0.3 is 0 Å². The van der Waals surface area contributed by atoms with E-state index >= 15 is 0 Å². The van der Waals surface area contributed by atoms with Crippen LogP contribution in [0.4, 0.5) is 8.78 Å². The molecule has 0 saturated heterocycles. The molecule has 14 heavy (non-hydrogen) atoms. The quantitative estimate of drug-likeness (QED) is 0.708. The molecule has 1 rings (SSSR count). The monoisotopic (exact) mass is 220 g/mol. The molecule has 1 atom stereocenters. The number of hydrogen-bond acceptors (Lipinski definition) is 1. The van der Waals surface area contributed by atoms with Crippen LogP contribution in [0.25, 0.3) is 0 Å². The van der Waals surface area contributed by atoms with Gasteiger partial charge in [-0.05, 0) is 13.0 Å². The van der Waals surface area contributed by atoms with Gasteiger partial charge in [-0.25, -0.2) is 8.78 Å². The van der Waals surface area contributed by atoms with Gasteiger partial charge in [-0.3, -0.25) is 0 Å². The molecular weight excluding hydrogens is 210 g/mol. The minimum Gasteiger partial charge on any atom is -0.496 e. The zero-order valence-corrected chi connectivity index (χ0v) is 8.68. The van der Waals surface area contributed by atoms with Gasteiger partial charge in [0.15, 0.2) is 0 Å². The fourth-order valence-corrected chi connectivity index (χ4v) is 1.38. The maximum atomic E-state index is 12.4. The van der Waals surface area contributed by atoms with Crippen LogP contribution in [0, 0.1) is 6.92 Å². The third-order valence-corrected chi connectivity index (χ3v) is 2.33. The first-order valence-electron chi connectivity index (χ1n) is 4.13. The summed E-state index contributed by atoms with van der Waals surface area (Å²) in [5, 5.41) is -1.31. The van der Waals surface area contributed by atoms with E-state index in [1.165, 1.54) is 7.11 Å². The summed E-state index contributed by atoms with van der Waals surface area (Å²) in [6.45, 7) is 1.82. The highest BCUT2D eigenvalue weighted by molar-refractivity contribution is 6.21. The van der Waals surface area contributed by atoms with Crippen LogP contribution < -0.4 is 4.74 Å². The summed E-state index contributed by atoms with van der Waals surface area (Å²) in [4.78, 5) is 0. The first-order chi connectivity index (χ1) is 6.56. The third kappa shape index (κ3) is 2.35. The van der Waals surface area contributed by atoms with Gasteiger partial charge in [0.2, 0.25) is 0 Å². The predicted molar refractivity (Wildman–Crippen MR) is 52.3 cm³/mol. The third-order valence-electron chi connectivity index (χ3n) is 1.90. The lowest BCUT2D eigenvalue weighted by Crippen LogP contribution is -2.04. The van der Waals surface area contributed by atoms with Crippen molar-refractivity contribution in [2.45, 2.75) is 18.7 Å². The molecule has 0 aliphatic heterocycles. The average Bonchev–Trinajstić information content (AvgIpc) is 2.16. The number of hydrogen-bond donors (Lipinski definition) is 0. The molecule has 0 spiro atoms. The summed E-state index contributed by atoms with van der Waals surface area (Å²) in [6.07, 6.45) is -2.59. The van der Waals surface area contributed by atoms with E-state index in [0.29, 0.717) is 11.3 Å². The average molecular weight is 221 g/mol. The zero-order valence-electron chi connectivity index (χ0n) is 7.93. The van der Waals surface area contributed by atoms with Gasteiger partial charge in [0.05, 0.1) is 7.11 Å². The van der Waals surface area contributed by atoms with E-state index in [0.717, 1.165) is 5.56 Å². The number of alkyl halides is 3. The molecule has 0 aromatic heterocycles. The summed E-state index contributed by atoms with van der Waals surface area (Å²) in [5.74, 6) is 0.399. The van der Waals surface area contributed by atoms with Crippen LogP contribution in [0.3, 0.4) is 0 Å². The number of ether oxygens (including phenoxy) is 1. The Morgan fingerprint density at radius 3 is 2.50 bits per heavy atom. The molecule has 0 N–H and O–H groups in total. The van der Waals surface area contributed by atoms with Gasteiger partial charge in [0, 0.05) is 5.56 Å². The SMILES string of the molecule is COc1ccc(C)cc1C(Cl)C(F)F. The first kappa shape index (κ1) is 11.2. The molecule has 0 fully saturated rings. The minimum atomic E-state index is -2.59. The second kappa shape index (κ2) is 4.60. The Labute approximate surface area is 86.6 Å². The van der Waals surface area contributed by atoms with Gasteiger partial charge in [0.25, 0.3) is 6.43 Å². The van der Waals surface area contributed by atoms with E-state index in [2.05, 4.69) is 0 Å². The molecule has 0 heterocycles. The molecular formula is C10H11ClF2O. The molecule has 0 aliphatic rings. The summed E-state index contributed by atoms with van der Waals surface area (Å²) >= 11 is 5.57. The fraction of sp³-hybridized carbons (Fsp3) is 0.400. The molecule has 0 bridgehead atoms. The molecule has 4 heteroatoms. The molecule has 1 aromatic carbocycles. The predicted octanol–water partition coefficient (Wildman–Crippen LogP) is 3.55. The van der Waals surface area contributed by atoms with Crippen LogP contribution in [0.15, 0.2) is 18.2 Å². The highest BCUT2D eigenvalue weighted by Gasteiger charge is 2.22. The standard InChI is InChI=1S/C10H11ClF2O/c1-6-3-4-8(14-2)7(5-6)9(11)10(12)13/h3-5,9-10H,1-2H3. The van der Waals surface area contributed by atoms with Gasteiger partial charge in [-0.1, -0.05) is 17.7 Å². The van der Waals surface area contributed by atoms with E-state index in [4.69, 9.17) is 16.3 Å². The highest BCUT2D eigenvalue weighted by atomic mass is 35.5. The Hall–Kier alpha value is -0.830. The van der Waals surface area contributed by atoms with Gasteiger partial charge in [0.1, 0.15) is 11.1 Å². The molecule has 0 aliphatic carbocycles. The molecule has 78 valence electrons. The van der Waals surface area contributed by atoms with Crippen molar-refractivity contribution in [2.75, 3.05) is 7.11 Å². The number of rotatable bonds is 3. The van der Waals surface area contributed by atoms with E-state index in [-0.39, 0.29) is 0 Å². The Kier molecular flexibility index (Phi) is 3.69. The Balaban J connectivity index is 3.10. The number of aryl methyl sites for hydroxylation is 1. The van der Waals surface area contributed by atoms with Crippen molar-refractivity contribution in [2.24, 2.45) is 0 Å². The van der Waals surface area contributed by atoms with Crippen molar-refractivity contribution in [3.8, 4) is 5.75 Å². The lowest BCUT2D eigenvalue weighted by atomic mass is 10.1. The van der Waals surface area contributed by atoms with Crippen molar-refractivity contribution in [3.63, 3.8) is 0 Å². The van der Waals surface area contributed by atoms with Crippen molar-refractivity contribution < 1.29 is 13.5 Å². The minimum absolute atomic E-state index is 0.337. The number of methoxy groups -OCH3 is 1. The molecule has 1 nitrogen and oxygen atoms in total. The fourth-order valence-electron chi connectivity index (χ4n) is 1.21. The summed E-state index contributed by atoms with van der Waals surface area (Å²) < 4.78 is 29.7. The van der Waals surface area contributed by atoms with Crippen molar-refractivity contribution in [1.82, 2.24) is 0 Å². The molecule has 0 saturated carbocycles. The molecule has 1 aromatic rings. The maximum absolute atomic E-state index is 12.4. The smallest absolute Gasteiger partial charge is 0.258 e. The second-order valence-electron chi connectivity index (χ2n) is 2.98. The lowest BCUT2D eigenvalue weighted by Gasteiger charge is -2.13. The van der Waals surface area contributed by atoms with E-state index in [9.17, 15) is 8.78 Å². The molecule has 0 radical (unpaired) electrons.